The van der Waals surface area contributed by atoms with Crippen molar-refractivity contribution in [1.82, 2.24) is 4.98 Å². The lowest BCUT2D eigenvalue weighted by molar-refractivity contribution is -0.118. The molecule has 1 saturated carbocycles. The zero-order valence-electron chi connectivity index (χ0n) is 14.1. The van der Waals surface area contributed by atoms with Crippen LogP contribution in [0.15, 0.2) is 15.9 Å². The van der Waals surface area contributed by atoms with Crippen LogP contribution in [0.3, 0.4) is 0 Å². The Morgan fingerprint density at radius 2 is 2.09 bits per heavy atom. The van der Waals surface area contributed by atoms with Gasteiger partial charge in [-0.15, -0.1) is 11.8 Å². The first kappa shape index (κ1) is 18.0. The van der Waals surface area contributed by atoms with Crippen LogP contribution in [-0.4, -0.2) is 22.6 Å². The fourth-order valence-corrected chi connectivity index (χ4v) is 4.62. The van der Waals surface area contributed by atoms with Crippen LogP contribution in [0.1, 0.15) is 33.4 Å². The first-order valence-corrected chi connectivity index (χ1v) is 9.27. The molecule has 1 fully saturated rings. The Kier molecular flexibility index (Phi) is 5.20. The summed E-state index contributed by atoms with van der Waals surface area (Å²) in [5, 5.41) is 3.50. The van der Waals surface area contributed by atoms with Gasteiger partial charge in [0.25, 0.3) is 0 Å². The quantitative estimate of drug-likeness (QED) is 0.607. The van der Waals surface area contributed by atoms with E-state index in [0.29, 0.717) is 5.13 Å². The number of aryl methyl sites for hydroxylation is 1. The van der Waals surface area contributed by atoms with Crippen LogP contribution in [0.4, 0.5) is 5.13 Å². The molecule has 0 radical (unpaired) electrons. The summed E-state index contributed by atoms with van der Waals surface area (Å²) in [5.41, 5.74) is 7.19. The minimum absolute atomic E-state index is 0.0118. The van der Waals surface area contributed by atoms with Gasteiger partial charge in [-0.1, -0.05) is 36.8 Å². The average Bonchev–Trinajstić information content (AvgIpc) is 2.75. The summed E-state index contributed by atoms with van der Waals surface area (Å²) in [6.45, 7) is 10.2. The first-order valence-electron chi connectivity index (χ1n) is 7.47. The predicted molar refractivity (Wildman–Crippen MR) is 95.6 cm³/mol. The SMILES string of the molecule is CC(C)=C[C@H]1[C@@H](C(=O)Nc2nc(C)c(SCC(N)=O)s2)C1(C)C. The monoisotopic (exact) mass is 353 g/mol. The molecule has 2 atom stereocenters. The number of anilines is 1. The smallest absolute Gasteiger partial charge is 0.230 e. The Bertz CT molecular complexity index is 660. The average molecular weight is 354 g/mol. The van der Waals surface area contributed by atoms with E-state index >= 15 is 0 Å². The molecule has 0 bridgehead atoms. The van der Waals surface area contributed by atoms with Gasteiger partial charge in [0.05, 0.1) is 21.6 Å². The van der Waals surface area contributed by atoms with Crippen LogP contribution >= 0.6 is 23.1 Å². The van der Waals surface area contributed by atoms with Crippen LogP contribution < -0.4 is 11.1 Å². The van der Waals surface area contributed by atoms with Crippen molar-refractivity contribution in [2.45, 2.75) is 38.8 Å². The van der Waals surface area contributed by atoms with Gasteiger partial charge in [-0.2, -0.15) is 0 Å². The Hall–Kier alpha value is -1.34. The van der Waals surface area contributed by atoms with Crippen LogP contribution in [-0.2, 0) is 9.59 Å². The molecule has 1 heterocycles. The topological polar surface area (TPSA) is 85.1 Å². The highest BCUT2D eigenvalue weighted by Gasteiger charge is 2.60. The van der Waals surface area contributed by atoms with Crippen molar-refractivity contribution in [2.75, 3.05) is 11.1 Å². The highest BCUT2D eigenvalue weighted by atomic mass is 32.2. The van der Waals surface area contributed by atoms with Crippen LogP contribution in [0.2, 0.25) is 0 Å². The number of nitrogens with two attached hydrogens (primary N) is 1. The number of aromatic nitrogens is 1. The molecular formula is C16H23N3O2S2. The summed E-state index contributed by atoms with van der Waals surface area (Å²) >= 11 is 2.74. The van der Waals surface area contributed by atoms with E-state index in [4.69, 9.17) is 5.73 Å². The number of rotatable bonds is 6. The first-order chi connectivity index (χ1) is 10.6. The second-order valence-corrected chi connectivity index (χ2v) is 8.95. The van der Waals surface area contributed by atoms with Gasteiger partial charge in [-0.3, -0.25) is 9.59 Å². The van der Waals surface area contributed by atoms with E-state index in [2.05, 4.69) is 44.1 Å². The van der Waals surface area contributed by atoms with E-state index in [0.717, 1.165) is 9.90 Å². The molecule has 1 aliphatic carbocycles. The van der Waals surface area contributed by atoms with Gasteiger partial charge in [0, 0.05) is 0 Å². The van der Waals surface area contributed by atoms with E-state index in [1.807, 2.05) is 6.92 Å². The lowest BCUT2D eigenvalue weighted by atomic mass is 10.1. The second-order valence-electron chi connectivity index (χ2n) is 6.70. The minimum Gasteiger partial charge on any atom is -0.369 e. The third kappa shape index (κ3) is 4.14. The van der Waals surface area contributed by atoms with Crippen LogP contribution in [0.5, 0.6) is 0 Å². The molecule has 0 aromatic carbocycles. The number of nitrogens with one attached hydrogen (secondary N) is 1. The van der Waals surface area contributed by atoms with Crippen molar-refractivity contribution in [2.24, 2.45) is 23.0 Å². The van der Waals surface area contributed by atoms with E-state index in [1.54, 1.807) is 0 Å². The lowest BCUT2D eigenvalue weighted by Gasteiger charge is -2.02. The number of carbonyl (C=O) groups excluding carboxylic acids is 2. The molecule has 3 N–H and O–H groups in total. The fourth-order valence-electron chi connectivity index (χ4n) is 2.74. The summed E-state index contributed by atoms with van der Waals surface area (Å²) in [4.78, 5) is 27.8. The van der Waals surface area contributed by atoms with Gasteiger partial charge < -0.3 is 11.1 Å². The lowest BCUT2D eigenvalue weighted by Crippen LogP contribution is -2.16. The maximum Gasteiger partial charge on any atom is 0.230 e. The zero-order chi connectivity index (χ0) is 17.4. The summed E-state index contributed by atoms with van der Waals surface area (Å²) in [6, 6.07) is 0. The van der Waals surface area contributed by atoms with Crippen LogP contribution in [0, 0.1) is 24.2 Å². The summed E-state index contributed by atoms with van der Waals surface area (Å²) in [5.74, 6) is 0.116. The number of thiazole rings is 1. The van der Waals surface area contributed by atoms with Gasteiger partial charge in [-0.05, 0) is 32.1 Å². The number of amides is 2. The molecule has 2 amide bonds. The summed E-state index contributed by atoms with van der Waals surface area (Å²) in [7, 11) is 0. The zero-order valence-corrected chi connectivity index (χ0v) is 15.7. The van der Waals surface area contributed by atoms with Crippen molar-refractivity contribution in [1.29, 1.82) is 0 Å². The maximum atomic E-state index is 12.5. The molecule has 2 rings (SSSR count). The van der Waals surface area contributed by atoms with E-state index in [-0.39, 0.29) is 34.8 Å². The number of thioether (sulfide) groups is 1. The molecule has 0 aliphatic heterocycles. The third-order valence-corrected chi connectivity index (χ3v) is 6.49. The molecule has 7 heteroatoms. The van der Waals surface area contributed by atoms with E-state index in [9.17, 15) is 9.59 Å². The second kappa shape index (κ2) is 6.65. The van der Waals surface area contributed by atoms with Crippen LogP contribution in [0.25, 0.3) is 0 Å². The highest BCUT2D eigenvalue weighted by molar-refractivity contribution is 8.01. The van der Waals surface area contributed by atoms with Gasteiger partial charge in [0.2, 0.25) is 11.8 Å². The molecule has 5 nitrogen and oxygen atoms in total. The number of nitrogens with zero attached hydrogens (tertiary/aromatic N) is 1. The maximum absolute atomic E-state index is 12.5. The normalized spacial score (nSPS) is 21.6. The molecule has 1 aliphatic rings. The van der Waals surface area contributed by atoms with E-state index < -0.39 is 0 Å². The number of primary amides is 1. The van der Waals surface area contributed by atoms with Crippen molar-refractivity contribution in [3.8, 4) is 0 Å². The third-order valence-electron chi connectivity index (χ3n) is 4.04. The molecule has 126 valence electrons. The number of hydrogen-bond acceptors (Lipinski definition) is 5. The van der Waals surface area contributed by atoms with Crippen molar-refractivity contribution in [3.63, 3.8) is 0 Å². The van der Waals surface area contributed by atoms with Gasteiger partial charge >= 0.3 is 0 Å². The molecule has 1 aromatic rings. The van der Waals surface area contributed by atoms with Gasteiger partial charge in [0.1, 0.15) is 0 Å². The molecular weight excluding hydrogens is 330 g/mol. The highest BCUT2D eigenvalue weighted by Crippen LogP contribution is 2.59. The minimum atomic E-state index is -0.363. The Labute approximate surface area is 145 Å². The van der Waals surface area contributed by atoms with E-state index in [1.165, 1.54) is 28.7 Å². The summed E-state index contributed by atoms with van der Waals surface area (Å²) in [6.07, 6.45) is 2.17. The van der Waals surface area contributed by atoms with Gasteiger partial charge in [-0.25, -0.2) is 4.98 Å². The molecule has 0 unspecified atom stereocenters. The number of carbonyl (C=O) groups is 2. The van der Waals surface area contributed by atoms with Crippen molar-refractivity contribution >= 4 is 40.0 Å². The standard InChI is InChI=1S/C16H23N3O2S2/c1-8(2)6-10-12(16(10,4)5)13(21)19-15-18-9(3)14(23-15)22-7-11(17)20/h6,10,12H,7H2,1-5H3,(H2,17,20)(H,18,19,21)/t10-,12-/m0/s1. The van der Waals surface area contributed by atoms with Gasteiger partial charge in [0.15, 0.2) is 5.13 Å². The Morgan fingerprint density at radius 1 is 1.43 bits per heavy atom. The molecule has 23 heavy (non-hydrogen) atoms. The fraction of sp³-hybridized carbons (Fsp3) is 0.562. The molecule has 0 saturated heterocycles. The van der Waals surface area contributed by atoms with Crippen molar-refractivity contribution < 1.29 is 9.59 Å². The predicted octanol–water partition coefficient (Wildman–Crippen LogP) is 3.21. The Balaban J connectivity index is 2.03. The summed E-state index contributed by atoms with van der Waals surface area (Å²) < 4.78 is 0.912. The molecule has 0 spiro atoms. The van der Waals surface area contributed by atoms with Crippen molar-refractivity contribution in [3.05, 3.63) is 17.3 Å². The number of allylic oxidation sites excluding steroid dienone is 2. The Morgan fingerprint density at radius 3 is 2.65 bits per heavy atom. The number of hydrogen-bond donors (Lipinski definition) is 2. The largest absolute Gasteiger partial charge is 0.369 e. The molecule has 1 aromatic heterocycles.